The number of carbonyl (C=O) groups excluding carboxylic acids is 1. The zero-order valence-corrected chi connectivity index (χ0v) is 14.9. The molecule has 1 aromatic rings. The lowest BCUT2D eigenvalue weighted by Crippen LogP contribution is -2.42. The lowest BCUT2D eigenvalue weighted by molar-refractivity contribution is -0.149. The topological polar surface area (TPSA) is 81.1 Å². The number of benzene rings is 1. The van der Waals surface area contributed by atoms with Gasteiger partial charge < -0.3 is 15.1 Å². The van der Waals surface area contributed by atoms with E-state index in [1.807, 2.05) is 11.0 Å². The molecule has 1 saturated carbocycles. The Morgan fingerprint density at radius 3 is 2.58 bits per heavy atom. The molecule has 6 nitrogen and oxygen atoms in total. The van der Waals surface area contributed by atoms with Crippen LogP contribution in [-0.4, -0.2) is 58.1 Å². The minimum atomic E-state index is -0.856. The summed E-state index contributed by atoms with van der Waals surface area (Å²) in [4.78, 5) is 28.9. The van der Waals surface area contributed by atoms with Crippen molar-refractivity contribution >= 4 is 11.9 Å². The summed E-state index contributed by atoms with van der Waals surface area (Å²) in [5.74, 6) is -0.325. The largest absolute Gasteiger partial charge is 0.508 e. The zero-order chi connectivity index (χ0) is 18.3. The molecule has 0 radical (unpaired) electrons. The molecular weight excluding hydrogens is 332 g/mol. The Morgan fingerprint density at radius 2 is 1.92 bits per heavy atom. The van der Waals surface area contributed by atoms with Crippen LogP contribution >= 0.6 is 0 Å². The highest BCUT2D eigenvalue weighted by atomic mass is 16.4. The highest BCUT2D eigenvalue weighted by Crippen LogP contribution is 2.44. The molecule has 1 aromatic carbocycles. The fourth-order valence-corrected chi connectivity index (χ4v) is 5.10. The maximum absolute atomic E-state index is 12.7. The second-order valence-electron chi connectivity index (χ2n) is 8.20. The highest BCUT2D eigenvalue weighted by Gasteiger charge is 2.58. The summed E-state index contributed by atoms with van der Waals surface area (Å²) < 4.78 is 0. The number of amides is 1. The van der Waals surface area contributed by atoms with Gasteiger partial charge in [-0.15, -0.1) is 0 Å². The molecule has 26 heavy (non-hydrogen) atoms. The smallest absolute Gasteiger partial charge is 0.313 e. The number of rotatable bonds is 4. The van der Waals surface area contributed by atoms with Gasteiger partial charge in [-0.25, -0.2) is 0 Å². The summed E-state index contributed by atoms with van der Waals surface area (Å²) in [5.41, 5.74) is 0.120. The Morgan fingerprint density at radius 1 is 1.15 bits per heavy atom. The van der Waals surface area contributed by atoms with Crippen molar-refractivity contribution in [1.29, 1.82) is 0 Å². The van der Waals surface area contributed by atoms with E-state index in [-0.39, 0.29) is 23.5 Å². The van der Waals surface area contributed by atoms with Crippen molar-refractivity contribution in [3.05, 3.63) is 29.8 Å². The van der Waals surface area contributed by atoms with E-state index in [4.69, 9.17) is 0 Å². The van der Waals surface area contributed by atoms with E-state index in [0.29, 0.717) is 32.7 Å². The van der Waals surface area contributed by atoms with Gasteiger partial charge in [0.25, 0.3) is 0 Å². The maximum Gasteiger partial charge on any atom is 0.313 e. The number of aliphatic carboxylic acids is 1. The van der Waals surface area contributed by atoms with E-state index < -0.39 is 11.4 Å². The van der Waals surface area contributed by atoms with Crippen molar-refractivity contribution in [3.63, 3.8) is 0 Å². The fourth-order valence-electron chi connectivity index (χ4n) is 5.10. The van der Waals surface area contributed by atoms with Crippen LogP contribution in [0.2, 0.25) is 0 Å². The Bertz CT molecular complexity index is 716. The van der Waals surface area contributed by atoms with Crippen molar-refractivity contribution in [2.24, 2.45) is 17.3 Å². The molecule has 3 aliphatic rings. The number of carbonyl (C=O) groups is 2. The monoisotopic (exact) mass is 358 g/mol. The number of carboxylic acids is 1. The summed E-state index contributed by atoms with van der Waals surface area (Å²) in [6.07, 6.45) is 4.11. The summed E-state index contributed by atoms with van der Waals surface area (Å²) in [7, 11) is 0. The van der Waals surface area contributed by atoms with E-state index in [0.717, 1.165) is 31.2 Å². The molecule has 2 heterocycles. The van der Waals surface area contributed by atoms with Crippen LogP contribution in [-0.2, 0) is 16.1 Å². The van der Waals surface area contributed by atoms with Gasteiger partial charge in [-0.2, -0.15) is 0 Å². The molecule has 4 rings (SSSR count). The maximum atomic E-state index is 12.7. The number of nitrogens with zero attached hydrogens (tertiary/aromatic N) is 2. The predicted octanol–water partition coefficient (Wildman–Crippen LogP) is 1.93. The van der Waals surface area contributed by atoms with E-state index in [2.05, 4.69) is 4.90 Å². The van der Waals surface area contributed by atoms with Gasteiger partial charge in [0, 0.05) is 44.6 Å². The second-order valence-corrected chi connectivity index (χ2v) is 8.20. The van der Waals surface area contributed by atoms with E-state index in [1.54, 1.807) is 18.2 Å². The van der Waals surface area contributed by atoms with Crippen LogP contribution in [0.3, 0.4) is 0 Å². The summed E-state index contributed by atoms with van der Waals surface area (Å²) in [6.45, 7) is 2.64. The summed E-state index contributed by atoms with van der Waals surface area (Å²) in [6, 6.07) is 7.10. The Hall–Kier alpha value is -2.08. The van der Waals surface area contributed by atoms with Crippen molar-refractivity contribution < 1.29 is 19.8 Å². The molecule has 2 atom stereocenters. The number of hydrogen-bond donors (Lipinski definition) is 2. The van der Waals surface area contributed by atoms with Crippen LogP contribution in [0.5, 0.6) is 5.75 Å². The van der Waals surface area contributed by atoms with Crippen LogP contribution in [0.15, 0.2) is 24.3 Å². The van der Waals surface area contributed by atoms with Crippen LogP contribution in [0.1, 0.15) is 31.2 Å². The molecule has 0 aromatic heterocycles. The van der Waals surface area contributed by atoms with E-state index >= 15 is 0 Å². The minimum absolute atomic E-state index is 0.0253. The van der Waals surface area contributed by atoms with Crippen LogP contribution < -0.4 is 0 Å². The van der Waals surface area contributed by atoms with Gasteiger partial charge in [0.15, 0.2) is 0 Å². The Balaban J connectivity index is 1.46. The van der Waals surface area contributed by atoms with E-state index in [1.165, 1.54) is 0 Å². The molecule has 0 spiro atoms. The van der Waals surface area contributed by atoms with E-state index in [9.17, 15) is 19.8 Å². The first kappa shape index (κ1) is 17.3. The average Bonchev–Trinajstić information content (AvgIpc) is 3.28. The number of aromatic hydroxyl groups is 1. The van der Waals surface area contributed by atoms with Gasteiger partial charge in [-0.1, -0.05) is 25.0 Å². The van der Waals surface area contributed by atoms with Crippen LogP contribution in [0, 0.1) is 17.3 Å². The zero-order valence-electron chi connectivity index (χ0n) is 14.9. The highest BCUT2D eigenvalue weighted by molar-refractivity contribution is 5.83. The number of fused-ring (bicyclic) bond motifs is 1. The van der Waals surface area contributed by atoms with Crippen LogP contribution in [0.4, 0.5) is 0 Å². The molecule has 140 valence electrons. The first-order valence-corrected chi connectivity index (χ1v) is 9.50. The van der Waals surface area contributed by atoms with Gasteiger partial charge in [-0.3, -0.25) is 14.5 Å². The molecular formula is C20H26N2O4. The van der Waals surface area contributed by atoms with Gasteiger partial charge in [0.2, 0.25) is 5.91 Å². The third-order valence-electron chi connectivity index (χ3n) is 6.44. The van der Waals surface area contributed by atoms with Gasteiger partial charge in [0.1, 0.15) is 11.2 Å². The Labute approximate surface area is 153 Å². The number of likely N-dealkylation sites (tertiary alicyclic amines) is 2. The van der Waals surface area contributed by atoms with Crippen LogP contribution in [0.25, 0.3) is 0 Å². The molecule has 0 bridgehead atoms. The quantitative estimate of drug-likeness (QED) is 0.860. The third-order valence-corrected chi connectivity index (χ3v) is 6.44. The van der Waals surface area contributed by atoms with Gasteiger partial charge in [-0.05, 0) is 30.5 Å². The molecule has 6 heteroatoms. The SMILES string of the molecule is O=C(C1CCCC1)N1C[C@@H]2CN(Cc3cccc(O)c3)C[C@]2(C(=O)O)C1. The normalized spacial score (nSPS) is 29.2. The molecule has 3 fully saturated rings. The Kier molecular flexibility index (Phi) is 4.39. The molecule has 1 amide bonds. The van der Waals surface area contributed by atoms with Crippen molar-refractivity contribution in [1.82, 2.24) is 9.80 Å². The second kappa shape index (κ2) is 6.58. The standard InChI is InChI=1S/C20H26N2O4/c23-17-7-3-4-14(8-17)9-21-10-16-11-22(13-20(16,12-21)19(25)26)18(24)15-5-1-2-6-15/h3-4,7-8,15-16,23H,1-2,5-6,9-13H2,(H,25,26)/t16-,20-/m0/s1. The van der Waals surface area contributed by atoms with Gasteiger partial charge in [0.05, 0.1) is 0 Å². The summed E-state index contributed by atoms with van der Waals surface area (Å²) in [5, 5.41) is 19.6. The number of phenolic OH excluding ortho intramolecular Hbond substituents is 1. The van der Waals surface area contributed by atoms with Crippen molar-refractivity contribution in [2.45, 2.75) is 32.2 Å². The molecule has 2 aliphatic heterocycles. The summed E-state index contributed by atoms with van der Waals surface area (Å²) >= 11 is 0. The number of carboxylic acid groups (broad SMARTS) is 1. The first-order valence-electron chi connectivity index (χ1n) is 9.50. The fraction of sp³-hybridized carbons (Fsp3) is 0.600. The number of phenols is 1. The lowest BCUT2D eigenvalue weighted by atomic mass is 9.81. The van der Waals surface area contributed by atoms with Crippen molar-refractivity contribution in [3.8, 4) is 5.75 Å². The number of hydrogen-bond acceptors (Lipinski definition) is 4. The predicted molar refractivity (Wildman–Crippen MR) is 95.5 cm³/mol. The molecule has 0 unspecified atom stereocenters. The van der Waals surface area contributed by atoms with Gasteiger partial charge >= 0.3 is 5.97 Å². The minimum Gasteiger partial charge on any atom is -0.508 e. The molecule has 2 saturated heterocycles. The lowest BCUT2D eigenvalue weighted by Gasteiger charge is -2.27. The van der Waals surface area contributed by atoms with Crippen molar-refractivity contribution in [2.75, 3.05) is 26.2 Å². The molecule has 1 aliphatic carbocycles. The first-order chi connectivity index (χ1) is 12.5. The average molecular weight is 358 g/mol. The third kappa shape index (κ3) is 2.96. The molecule has 2 N–H and O–H groups in total.